The molecule has 0 aliphatic carbocycles. The molecule has 1 aromatic carbocycles. The molecule has 0 spiro atoms. The van der Waals surface area contributed by atoms with Gasteiger partial charge in [0.25, 0.3) is 0 Å². The van der Waals surface area contributed by atoms with Crippen molar-refractivity contribution in [2.45, 2.75) is 46.3 Å². The predicted molar refractivity (Wildman–Crippen MR) is 79.9 cm³/mol. The minimum atomic E-state index is 0.167. The third-order valence-electron chi connectivity index (χ3n) is 3.30. The Labute approximate surface area is 117 Å². The Kier molecular flexibility index (Phi) is 6.89. The molecule has 1 aromatic rings. The first-order chi connectivity index (χ1) is 9.17. The van der Waals surface area contributed by atoms with Crippen molar-refractivity contribution in [1.82, 2.24) is 5.32 Å². The molecule has 1 rings (SSSR count). The molecular formula is C16H27NO2. The molecule has 108 valence electrons. The second-order valence-corrected chi connectivity index (χ2v) is 4.68. The van der Waals surface area contributed by atoms with Crippen molar-refractivity contribution in [1.29, 1.82) is 0 Å². The van der Waals surface area contributed by atoms with E-state index in [1.807, 2.05) is 13.0 Å². The molecule has 3 nitrogen and oxygen atoms in total. The molecule has 0 fully saturated rings. The van der Waals surface area contributed by atoms with Gasteiger partial charge in [-0.15, -0.1) is 0 Å². The average molecular weight is 265 g/mol. The van der Waals surface area contributed by atoms with Crippen LogP contribution in [-0.4, -0.2) is 26.4 Å². The van der Waals surface area contributed by atoms with Gasteiger partial charge in [-0.2, -0.15) is 0 Å². The zero-order chi connectivity index (χ0) is 14.3. The third-order valence-corrected chi connectivity index (χ3v) is 3.30. The number of benzene rings is 1. The largest absolute Gasteiger partial charge is 0.496 e. The van der Waals surface area contributed by atoms with Crippen molar-refractivity contribution in [2.24, 2.45) is 0 Å². The summed E-state index contributed by atoms with van der Waals surface area (Å²) < 4.78 is 11.4. The molecule has 19 heavy (non-hydrogen) atoms. The maximum atomic E-state index is 5.88. The molecule has 2 atom stereocenters. The number of nitrogens with one attached hydrogen (secondary N) is 1. The van der Waals surface area contributed by atoms with Crippen molar-refractivity contribution in [3.63, 3.8) is 0 Å². The Morgan fingerprint density at radius 3 is 2.47 bits per heavy atom. The van der Waals surface area contributed by atoms with Crippen LogP contribution < -0.4 is 10.1 Å². The van der Waals surface area contributed by atoms with Crippen LogP contribution in [0.25, 0.3) is 0 Å². The van der Waals surface area contributed by atoms with Crippen molar-refractivity contribution in [2.75, 3.05) is 20.3 Å². The Morgan fingerprint density at radius 2 is 1.95 bits per heavy atom. The van der Waals surface area contributed by atoms with E-state index in [2.05, 4.69) is 38.2 Å². The van der Waals surface area contributed by atoms with Crippen molar-refractivity contribution < 1.29 is 9.47 Å². The highest BCUT2D eigenvalue weighted by Gasteiger charge is 2.24. The van der Waals surface area contributed by atoms with Gasteiger partial charge < -0.3 is 14.8 Å². The summed E-state index contributed by atoms with van der Waals surface area (Å²) in [5, 5.41) is 3.53. The van der Waals surface area contributed by atoms with E-state index in [0.717, 1.165) is 25.3 Å². The van der Waals surface area contributed by atoms with Gasteiger partial charge in [-0.05, 0) is 32.9 Å². The van der Waals surface area contributed by atoms with Gasteiger partial charge in [-0.25, -0.2) is 0 Å². The van der Waals surface area contributed by atoms with Crippen LogP contribution in [-0.2, 0) is 4.74 Å². The van der Waals surface area contributed by atoms with Gasteiger partial charge in [0.2, 0.25) is 0 Å². The summed E-state index contributed by atoms with van der Waals surface area (Å²) >= 11 is 0. The van der Waals surface area contributed by atoms with E-state index in [1.54, 1.807) is 7.11 Å². The van der Waals surface area contributed by atoms with E-state index in [9.17, 15) is 0 Å². The number of likely N-dealkylation sites (N-methyl/N-ethyl adjacent to an activating group) is 1. The molecule has 3 heteroatoms. The summed E-state index contributed by atoms with van der Waals surface area (Å²) in [6.07, 6.45) is 1.14. The summed E-state index contributed by atoms with van der Waals surface area (Å²) in [5.74, 6) is 0.926. The van der Waals surface area contributed by atoms with Crippen molar-refractivity contribution in [3.05, 3.63) is 29.3 Å². The maximum Gasteiger partial charge on any atom is 0.123 e. The zero-order valence-corrected chi connectivity index (χ0v) is 12.8. The summed E-state index contributed by atoms with van der Waals surface area (Å²) in [7, 11) is 1.72. The van der Waals surface area contributed by atoms with Gasteiger partial charge in [0, 0.05) is 12.2 Å². The van der Waals surface area contributed by atoms with E-state index in [4.69, 9.17) is 9.47 Å². The Morgan fingerprint density at radius 1 is 1.21 bits per heavy atom. The fourth-order valence-corrected chi connectivity index (χ4v) is 2.42. The number of rotatable bonds is 8. The number of aryl methyl sites for hydroxylation is 1. The molecule has 0 aliphatic heterocycles. The monoisotopic (exact) mass is 265 g/mol. The first kappa shape index (κ1) is 16.0. The minimum absolute atomic E-state index is 0.167. The van der Waals surface area contributed by atoms with Crippen molar-refractivity contribution in [3.8, 4) is 5.75 Å². The summed E-state index contributed by atoms with van der Waals surface area (Å²) in [6.45, 7) is 10.1. The lowest BCUT2D eigenvalue weighted by Gasteiger charge is -2.28. The average Bonchev–Trinajstić information content (AvgIpc) is 2.42. The smallest absolute Gasteiger partial charge is 0.123 e. The van der Waals surface area contributed by atoms with E-state index in [0.29, 0.717) is 0 Å². The molecule has 0 saturated carbocycles. The lowest BCUT2D eigenvalue weighted by atomic mass is 9.96. The molecule has 0 heterocycles. The second kappa shape index (κ2) is 8.18. The molecule has 0 saturated heterocycles. The molecular weight excluding hydrogens is 238 g/mol. The number of hydrogen-bond donors (Lipinski definition) is 1. The minimum Gasteiger partial charge on any atom is -0.496 e. The summed E-state index contributed by atoms with van der Waals surface area (Å²) in [4.78, 5) is 0. The quantitative estimate of drug-likeness (QED) is 0.780. The number of ether oxygens (including phenoxy) is 2. The predicted octanol–water partition coefficient (Wildman–Crippen LogP) is 3.47. The first-order valence-electron chi connectivity index (χ1n) is 7.17. The highest BCUT2D eigenvalue weighted by molar-refractivity contribution is 5.39. The highest BCUT2D eigenvalue weighted by atomic mass is 16.5. The summed E-state index contributed by atoms with van der Waals surface area (Å²) in [5.41, 5.74) is 2.43. The van der Waals surface area contributed by atoms with Crippen LogP contribution in [0.2, 0.25) is 0 Å². The van der Waals surface area contributed by atoms with E-state index in [-0.39, 0.29) is 12.1 Å². The van der Waals surface area contributed by atoms with Crippen LogP contribution in [0.1, 0.15) is 44.4 Å². The van der Waals surface area contributed by atoms with Gasteiger partial charge in [0.05, 0.1) is 19.3 Å². The lowest BCUT2D eigenvalue weighted by molar-refractivity contribution is 0.0312. The Balaban J connectivity index is 3.12. The van der Waals surface area contributed by atoms with E-state index >= 15 is 0 Å². The van der Waals surface area contributed by atoms with Crippen LogP contribution in [0.4, 0.5) is 0 Å². The van der Waals surface area contributed by atoms with Gasteiger partial charge >= 0.3 is 0 Å². The van der Waals surface area contributed by atoms with Crippen LogP contribution in [0.5, 0.6) is 5.75 Å². The van der Waals surface area contributed by atoms with Gasteiger partial charge in [-0.1, -0.05) is 31.5 Å². The molecule has 0 aromatic heterocycles. The molecule has 2 unspecified atom stereocenters. The van der Waals surface area contributed by atoms with Crippen molar-refractivity contribution >= 4 is 0 Å². The van der Waals surface area contributed by atoms with Gasteiger partial charge in [0.1, 0.15) is 5.75 Å². The molecule has 1 N–H and O–H groups in total. The maximum absolute atomic E-state index is 5.88. The second-order valence-electron chi connectivity index (χ2n) is 4.68. The van der Waals surface area contributed by atoms with Crippen LogP contribution >= 0.6 is 0 Å². The van der Waals surface area contributed by atoms with Crippen LogP contribution in [0, 0.1) is 6.92 Å². The molecule has 0 radical (unpaired) electrons. The Bertz CT molecular complexity index is 379. The van der Waals surface area contributed by atoms with Gasteiger partial charge in [-0.3, -0.25) is 0 Å². The number of hydrogen-bond acceptors (Lipinski definition) is 3. The van der Waals surface area contributed by atoms with E-state index in [1.165, 1.54) is 11.1 Å². The number of methoxy groups -OCH3 is 1. The Hall–Kier alpha value is -1.06. The van der Waals surface area contributed by atoms with Crippen LogP contribution in [0.3, 0.4) is 0 Å². The first-order valence-corrected chi connectivity index (χ1v) is 7.17. The SMILES string of the molecule is CCNC(c1cc(C)ccc1OC)C(CC)OCC. The third kappa shape index (κ3) is 4.22. The molecule has 0 amide bonds. The highest BCUT2D eigenvalue weighted by Crippen LogP contribution is 2.30. The van der Waals surface area contributed by atoms with E-state index < -0.39 is 0 Å². The fourth-order valence-electron chi connectivity index (χ4n) is 2.42. The normalized spacial score (nSPS) is 14.2. The lowest BCUT2D eigenvalue weighted by Crippen LogP contribution is -2.34. The standard InChI is InChI=1S/C16H27NO2/c1-6-14(19-8-3)16(17-7-2)13-11-12(4)9-10-15(13)18-5/h9-11,14,16-17H,6-8H2,1-5H3. The van der Waals surface area contributed by atoms with Gasteiger partial charge in [0.15, 0.2) is 0 Å². The summed E-state index contributed by atoms with van der Waals surface area (Å²) in [6, 6.07) is 6.47. The zero-order valence-electron chi connectivity index (χ0n) is 12.8. The molecule has 0 aliphatic rings. The van der Waals surface area contributed by atoms with Crippen LogP contribution in [0.15, 0.2) is 18.2 Å². The fraction of sp³-hybridized carbons (Fsp3) is 0.625. The topological polar surface area (TPSA) is 30.5 Å². The molecule has 0 bridgehead atoms.